The quantitative estimate of drug-likeness (QED) is 0.522. The molecular weight excluding hydrogens is 454 g/mol. The number of aryl methyl sites for hydroxylation is 1. The molecule has 1 aliphatic rings. The molecule has 0 saturated carbocycles. The molecule has 3 aromatic rings. The summed E-state index contributed by atoms with van der Waals surface area (Å²) in [5.41, 5.74) is 3.73. The van der Waals surface area contributed by atoms with Gasteiger partial charge in [0.05, 0.1) is 35.8 Å². The van der Waals surface area contributed by atoms with Gasteiger partial charge in [-0.3, -0.25) is 14.5 Å². The van der Waals surface area contributed by atoms with Crippen LogP contribution in [0.2, 0.25) is 0 Å². The standard InChI is InChI=1S/C25H27N3O5S/c1-15-5-7-21(32-4)18(11-15)26-23(29)13-28-20-12-17(6-8-22(20)33-16(2)25(28)30)19-14-34-24(27-19)9-10-31-3/h5-8,11-12,14,16H,9-10,13H2,1-4H3,(H,26,29). The third-order valence-corrected chi connectivity index (χ3v) is 6.37. The molecule has 34 heavy (non-hydrogen) atoms. The summed E-state index contributed by atoms with van der Waals surface area (Å²) >= 11 is 1.56. The van der Waals surface area contributed by atoms with Crippen LogP contribution in [0.4, 0.5) is 11.4 Å². The molecule has 8 nitrogen and oxygen atoms in total. The molecule has 1 unspecified atom stereocenters. The highest BCUT2D eigenvalue weighted by Crippen LogP contribution is 2.38. The smallest absolute Gasteiger partial charge is 0.268 e. The highest BCUT2D eigenvalue weighted by molar-refractivity contribution is 7.09. The lowest BCUT2D eigenvalue weighted by Gasteiger charge is -2.33. The first-order valence-electron chi connectivity index (χ1n) is 10.9. The van der Waals surface area contributed by atoms with E-state index in [0.29, 0.717) is 29.5 Å². The molecular formula is C25H27N3O5S. The van der Waals surface area contributed by atoms with Crippen LogP contribution in [-0.2, 0) is 20.7 Å². The Morgan fingerprint density at radius 1 is 1.24 bits per heavy atom. The minimum absolute atomic E-state index is 0.157. The molecule has 0 fully saturated rings. The number of hydrogen-bond donors (Lipinski definition) is 1. The van der Waals surface area contributed by atoms with Crippen molar-refractivity contribution in [1.29, 1.82) is 0 Å². The summed E-state index contributed by atoms with van der Waals surface area (Å²) in [6.45, 7) is 4.05. The largest absolute Gasteiger partial charge is 0.495 e. The Morgan fingerprint density at radius 2 is 2.06 bits per heavy atom. The highest BCUT2D eigenvalue weighted by Gasteiger charge is 2.33. The van der Waals surface area contributed by atoms with Crippen molar-refractivity contribution >= 4 is 34.5 Å². The van der Waals surface area contributed by atoms with E-state index in [9.17, 15) is 9.59 Å². The molecule has 1 aromatic heterocycles. The molecule has 178 valence electrons. The second kappa shape index (κ2) is 10.2. The van der Waals surface area contributed by atoms with Crippen molar-refractivity contribution in [2.75, 3.05) is 37.6 Å². The van der Waals surface area contributed by atoms with Crippen LogP contribution in [0.5, 0.6) is 11.5 Å². The number of rotatable bonds is 8. The van der Waals surface area contributed by atoms with E-state index in [1.807, 2.05) is 42.6 Å². The average Bonchev–Trinajstić information content (AvgIpc) is 3.29. The zero-order valence-corrected chi connectivity index (χ0v) is 20.4. The van der Waals surface area contributed by atoms with Crippen molar-refractivity contribution in [3.05, 3.63) is 52.3 Å². The number of nitrogens with one attached hydrogen (secondary N) is 1. The highest BCUT2D eigenvalue weighted by atomic mass is 32.1. The van der Waals surface area contributed by atoms with Gasteiger partial charge in [-0.2, -0.15) is 0 Å². The van der Waals surface area contributed by atoms with Crippen LogP contribution in [0.1, 0.15) is 17.5 Å². The van der Waals surface area contributed by atoms with Crippen molar-refractivity contribution in [3.8, 4) is 22.8 Å². The first-order chi connectivity index (χ1) is 16.4. The Bertz CT molecular complexity index is 1210. The number of nitrogens with zero attached hydrogens (tertiary/aromatic N) is 2. The number of hydrogen-bond acceptors (Lipinski definition) is 7. The molecule has 0 saturated heterocycles. The number of ether oxygens (including phenoxy) is 3. The number of anilines is 2. The third kappa shape index (κ3) is 5.05. The second-order valence-corrected chi connectivity index (χ2v) is 8.93. The SMILES string of the molecule is COCCc1nc(-c2ccc3c(c2)N(CC(=O)Nc2cc(C)ccc2OC)C(=O)C(C)O3)cs1. The molecule has 2 aromatic carbocycles. The van der Waals surface area contributed by atoms with Crippen molar-refractivity contribution < 1.29 is 23.8 Å². The van der Waals surface area contributed by atoms with Crippen LogP contribution in [0.3, 0.4) is 0 Å². The molecule has 4 rings (SSSR count). The third-order valence-electron chi connectivity index (χ3n) is 5.47. The van der Waals surface area contributed by atoms with Gasteiger partial charge in [0, 0.05) is 24.5 Å². The van der Waals surface area contributed by atoms with Crippen LogP contribution in [0, 0.1) is 6.92 Å². The van der Waals surface area contributed by atoms with Crippen molar-refractivity contribution in [3.63, 3.8) is 0 Å². The average molecular weight is 482 g/mol. The van der Waals surface area contributed by atoms with Crippen LogP contribution < -0.4 is 19.7 Å². The lowest BCUT2D eigenvalue weighted by Crippen LogP contribution is -2.47. The number of amides is 2. The van der Waals surface area contributed by atoms with Crippen LogP contribution in [-0.4, -0.2) is 50.3 Å². The van der Waals surface area contributed by atoms with E-state index >= 15 is 0 Å². The van der Waals surface area contributed by atoms with Crippen molar-refractivity contribution in [2.24, 2.45) is 0 Å². The lowest BCUT2D eigenvalue weighted by molar-refractivity contribution is -0.127. The van der Waals surface area contributed by atoms with E-state index in [1.165, 1.54) is 4.90 Å². The summed E-state index contributed by atoms with van der Waals surface area (Å²) in [6, 6.07) is 11.1. The number of aromatic nitrogens is 1. The predicted molar refractivity (Wildman–Crippen MR) is 132 cm³/mol. The number of methoxy groups -OCH3 is 2. The van der Waals surface area contributed by atoms with Gasteiger partial charge in [-0.05, 0) is 49.7 Å². The molecule has 1 N–H and O–H groups in total. The summed E-state index contributed by atoms with van der Waals surface area (Å²) < 4.78 is 16.3. The van der Waals surface area contributed by atoms with Gasteiger partial charge in [0.25, 0.3) is 5.91 Å². The van der Waals surface area contributed by atoms with Gasteiger partial charge in [0.15, 0.2) is 6.10 Å². The van der Waals surface area contributed by atoms with Gasteiger partial charge in [-0.15, -0.1) is 11.3 Å². The molecule has 1 atom stereocenters. The fraction of sp³-hybridized carbons (Fsp3) is 0.320. The Labute approximate surface area is 202 Å². The maximum absolute atomic E-state index is 13.0. The number of carbonyl (C=O) groups excluding carboxylic acids is 2. The zero-order chi connectivity index (χ0) is 24.2. The molecule has 0 bridgehead atoms. The fourth-order valence-corrected chi connectivity index (χ4v) is 4.52. The number of thiazole rings is 1. The van der Waals surface area contributed by atoms with Gasteiger partial charge in [0.2, 0.25) is 5.91 Å². The first-order valence-corrected chi connectivity index (χ1v) is 11.8. The van der Waals surface area contributed by atoms with E-state index in [-0.39, 0.29) is 18.4 Å². The Balaban J connectivity index is 1.59. The number of carbonyl (C=O) groups is 2. The van der Waals surface area contributed by atoms with E-state index < -0.39 is 6.10 Å². The van der Waals surface area contributed by atoms with Crippen molar-refractivity contribution in [1.82, 2.24) is 4.98 Å². The topological polar surface area (TPSA) is 90.0 Å². The Hall–Kier alpha value is -3.43. The molecule has 2 amide bonds. The summed E-state index contributed by atoms with van der Waals surface area (Å²) in [4.78, 5) is 32.1. The normalized spacial score (nSPS) is 15.0. The van der Waals surface area contributed by atoms with E-state index in [1.54, 1.807) is 38.5 Å². The van der Waals surface area contributed by atoms with E-state index in [4.69, 9.17) is 14.2 Å². The fourth-order valence-electron chi connectivity index (χ4n) is 3.73. The monoisotopic (exact) mass is 481 g/mol. The van der Waals surface area contributed by atoms with E-state index in [2.05, 4.69) is 10.3 Å². The summed E-state index contributed by atoms with van der Waals surface area (Å²) in [5, 5.41) is 5.81. The predicted octanol–water partition coefficient (Wildman–Crippen LogP) is 4.07. The zero-order valence-electron chi connectivity index (χ0n) is 19.6. The minimum atomic E-state index is -0.695. The molecule has 0 spiro atoms. The summed E-state index contributed by atoms with van der Waals surface area (Å²) in [6.07, 6.45) is 0.0412. The molecule has 0 radical (unpaired) electrons. The maximum Gasteiger partial charge on any atom is 0.268 e. The molecule has 0 aliphatic carbocycles. The Kier molecular flexibility index (Phi) is 7.14. The van der Waals surface area contributed by atoms with Crippen LogP contribution >= 0.6 is 11.3 Å². The second-order valence-electron chi connectivity index (χ2n) is 7.99. The van der Waals surface area contributed by atoms with Gasteiger partial charge >= 0.3 is 0 Å². The Morgan fingerprint density at radius 3 is 2.82 bits per heavy atom. The molecule has 1 aliphatic heterocycles. The summed E-state index contributed by atoms with van der Waals surface area (Å²) in [5.74, 6) is 0.482. The van der Waals surface area contributed by atoms with Gasteiger partial charge in [-0.1, -0.05) is 6.07 Å². The van der Waals surface area contributed by atoms with Gasteiger partial charge in [0.1, 0.15) is 18.0 Å². The van der Waals surface area contributed by atoms with Gasteiger partial charge < -0.3 is 19.5 Å². The van der Waals surface area contributed by atoms with Crippen molar-refractivity contribution in [2.45, 2.75) is 26.4 Å². The van der Waals surface area contributed by atoms with Gasteiger partial charge in [-0.25, -0.2) is 4.98 Å². The van der Waals surface area contributed by atoms with Crippen LogP contribution in [0.25, 0.3) is 11.3 Å². The van der Waals surface area contributed by atoms with E-state index in [0.717, 1.165) is 28.2 Å². The van der Waals surface area contributed by atoms with Crippen LogP contribution in [0.15, 0.2) is 41.8 Å². The minimum Gasteiger partial charge on any atom is -0.495 e. The lowest BCUT2D eigenvalue weighted by atomic mass is 10.1. The number of benzene rings is 2. The molecule has 9 heteroatoms. The first kappa shape index (κ1) is 23.7. The molecule has 2 heterocycles. The number of fused-ring (bicyclic) bond motifs is 1. The summed E-state index contributed by atoms with van der Waals surface area (Å²) in [7, 11) is 3.21. The maximum atomic E-state index is 13.0.